The van der Waals surface area contributed by atoms with Crippen LogP contribution >= 0.6 is 11.6 Å². The monoisotopic (exact) mass is 498 g/mol. The van der Waals surface area contributed by atoms with Crippen molar-refractivity contribution in [1.29, 1.82) is 5.26 Å². The van der Waals surface area contributed by atoms with Crippen LogP contribution in [0.4, 0.5) is 5.69 Å². The minimum Gasteiger partial charge on any atom is -0.438 e. The van der Waals surface area contributed by atoms with Crippen molar-refractivity contribution in [2.75, 3.05) is 18.4 Å². The Morgan fingerprint density at radius 2 is 1.91 bits per heavy atom. The number of nitrogens with zero attached hydrogens (tertiary/aromatic N) is 3. The highest BCUT2D eigenvalue weighted by Gasteiger charge is 2.25. The van der Waals surface area contributed by atoms with E-state index in [0.29, 0.717) is 22.6 Å². The number of hydrogen-bond acceptors (Lipinski definition) is 6. The van der Waals surface area contributed by atoms with E-state index in [1.165, 1.54) is 28.7 Å². The van der Waals surface area contributed by atoms with Crippen LogP contribution in [0.5, 0.6) is 11.6 Å². The van der Waals surface area contributed by atoms with Gasteiger partial charge < -0.3 is 10.1 Å². The van der Waals surface area contributed by atoms with Crippen LogP contribution in [-0.4, -0.2) is 36.7 Å². The van der Waals surface area contributed by atoms with Crippen molar-refractivity contribution in [3.8, 4) is 17.7 Å². The average Bonchev–Trinajstić information content (AvgIpc) is 2.82. The quantitative estimate of drug-likeness (QED) is 0.468. The number of benzene rings is 2. The molecule has 176 valence electrons. The lowest BCUT2D eigenvalue weighted by molar-refractivity contribution is 0.102. The zero-order chi connectivity index (χ0) is 24.9. The summed E-state index contributed by atoms with van der Waals surface area (Å²) in [7, 11) is -3.83. The molecule has 0 saturated carbocycles. The molecule has 1 N–H and O–H groups in total. The lowest BCUT2D eigenvalue weighted by Gasteiger charge is -2.19. The van der Waals surface area contributed by atoms with Crippen LogP contribution in [0, 0.1) is 18.3 Å². The summed E-state index contributed by atoms with van der Waals surface area (Å²) < 4.78 is 32.8. The van der Waals surface area contributed by atoms with Gasteiger partial charge in [-0.25, -0.2) is 13.4 Å². The van der Waals surface area contributed by atoms with Gasteiger partial charge in [0.05, 0.1) is 5.02 Å². The van der Waals surface area contributed by atoms with Crippen molar-refractivity contribution < 1.29 is 17.9 Å². The number of anilines is 1. The first-order valence-corrected chi connectivity index (χ1v) is 12.3. The fourth-order valence-electron chi connectivity index (χ4n) is 3.25. The number of amides is 1. The maximum absolute atomic E-state index is 12.9. The number of sulfonamides is 1. The number of aromatic nitrogens is 1. The highest BCUT2D eigenvalue weighted by molar-refractivity contribution is 7.89. The molecule has 0 fully saturated rings. The van der Waals surface area contributed by atoms with E-state index in [1.54, 1.807) is 51.1 Å². The summed E-state index contributed by atoms with van der Waals surface area (Å²) in [6.07, 6.45) is 1.53. The number of carbonyl (C=O) groups excluding carboxylic acids is 1. The molecule has 0 unspecified atom stereocenters. The average molecular weight is 499 g/mol. The largest absolute Gasteiger partial charge is 0.438 e. The first-order chi connectivity index (χ1) is 16.2. The number of pyridine rings is 1. The van der Waals surface area contributed by atoms with E-state index in [9.17, 15) is 18.5 Å². The normalized spacial score (nSPS) is 11.2. The molecular weight excluding hydrogens is 476 g/mol. The van der Waals surface area contributed by atoms with E-state index in [4.69, 9.17) is 16.3 Å². The minimum atomic E-state index is -3.83. The van der Waals surface area contributed by atoms with Crippen LogP contribution in [0.2, 0.25) is 5.02 Å². The zero-order valence-corrected chi connectivity index (χ0v) is 20.4. The lowest BCUT2D eigenvalue weighted by Crippen LogP contribution is -2.31. The molecule has 34 heavy (non-hydrogen) atoms. The van der Waals surface area contributed by atoms with E-state index in [0.717, 1.165) is 0 Å². The van der Waals surface area contributed by atoms with Gasteiger partial charge in [0, 0.05) is 30.5 Å². The third kappa shape index (κ3) is 5.37. The Morgan fingerprint density at radius 1 is 1.18 bits per heavy atom. The van der Waals surface area contributed by atoms with Crippen LogP contribution in [0.1, 0.15) is 35.3 Å². The summed E-state index contributed by atoms with van der Waals surface area (Å²) in [5.41, 5.74) is 1.67. The Morgan fingerprint density at radius 3 is 2.56 bits per heavy atom. The van der Waals surface area contributed by atoms with Crippen molar-refractivity contribution in [1.82, 2.24) is 9.29 Å². The summed E-state index contributed by atoms with van der Waals surface area (Å²) >= 11 is 6.16. The van der Waals surface area contributed by atoms with Gasteiger partial charge in [0.2, 0.25) is 15.9 Å². The van der Waals surface area contributed by atoms with Gasteiger partial charge in [0.1, 0.15) is 22.3 Å². The molecule has 10 heteroatoms. The van der Waals surface area contributed by atoms with Crippen LogP contribution in [0.25, 0.3) is 0 Å². The number of aryl methyl sites for hydroxylation is 1. The van der Waals surface area contributed by atoms with Crippen LogP contribution < -0.4 is 10.1 Å². The molecule has 3 rings (SSSR count). The number of nitriles is 1. The molecule has 0 bridgehead atoms. The molecule has 8 nitrogen and oxygen atoms in total. The number of halogens is 1. The summed E-state index contributed by atoms with van der Waals surface area (Å²) in [5, 5.41) is 12.0. The Labute approximate surface area is 203 Å². The predicted octanol–water partition coefficient (Wildman–Crippen LogP) is 4.99. The number of nitrogens with one attached hydrogen (secondary N) is 1. The molecule has 1 heterocycles. The fraction of sp³-hybridized carbons (Fsp3) is 0.208. The SMILES string of the molecule is CCN(CC)S(=O)(=O)c1cc(C(=O)Nc2ccc(Oc3ncccc3C#N)cc2C)ccc1Cl. The fourth-order valence-corrected chi connectivity index (χ4v) is 5.21. The van der Waals surface area contributed by atoms with E-state index >= 15 is 0 Å². The van der Waals surface area contributed by atoms with Crippen LogP contribution in [-0.2, 0) is 10.0 Å². The van der Waals surface area contributed by atoms with Crippen molar-refractivity contribution in [3.63, 3.8) is 0 Å². The summed E-state index contributed by atoms with van der Waals surface area (Å²) in [5.74, 6) is 0.148. The van der Waals surface area contributed by atoms with Gasteiger partial charge in [-0.2, -0.15) is 9.57 Å². The molecule has 1 aromatic heterocycles. The molecule has 0 atom stereocenters. The van der Waals surface area contributed by atoms with E-state index in [1.807, 2.05) is 6.07 Å². The molecule has 0 aliphatic heterocycles. The molecule has 0 aliphatic rings. The van der Waals surface area contributed by atoms with Gasteiger partial charge in [0.15, 0.2) is 0 Å². The highest BCUT2D eigenvalue weighted by atomic mass is 35.5. The molecule has 3 aromatic rings. The van der Waals surface area contributed by atoms with E-state index < -0.39 is 15.9 Å². The zero-order valence-electron chi connectivity index (χ0n) is 18.9. The summed E-state index contributed by atoms with van der Waals surface area (Å²) in [6.45, 7) is 5.82. The van der Waals surface area contributed by atoms with Crippen LogP contribution in [0.3, 0.4) is 0 Å². The molecule has 1 amide bonds. The number of carbonyl (C=O) groups is 1. The van der Waals surface area contributed by atoms with Crippen molar-refractivity contribution >= 4 is 33.2 Å². The van der Waals surface area contributed by atoms with E-state index in [-0.39, 0.29) is 34.5 Å². The van der Waals surface area contributed by atoms with Gasteiger partial charge in [-0.15, -0.1) is 0 Å². The second kappa shape index (κ2) is 10.7. The molecule has 2 aromatic carbocycles. The second-order valence-corrected chi connectivity index (χ2v) is 9.55. The molecular formula is C24H23ClN4O4S. The first-order valence-electron chi connectivity index (χ1n) is 10.5. The van der Waals surface area contributed by atoms with Gasteiger partial charge >= 0.3 is 0 Å². The molecule has 0 radical (unpaired) electrons. The second-order valence-electron chi connectivity index (χ2n) is 7.24. The Balaban J connectivity index is 1.83. The Hall–Kier alpha value is -3.45. The van der Waals surface area contributed by atoms with Gasteiger partial charge in [0.25, 0.3) is 5.91 Å². The maximum Gasteiger partial charge on any atom is 0.255 e. The van der Waals surface area contributed by atoms with Crippen molar-refractivity contribution in [2.45, 2.75) is 25.7 Å². The van der Waals surface area contributed by atoms with Crippen molar-refractivity contribution in [2.24, 2.45) is 0 Å². The first kappa shape index (κ1) is 25.2. The molecule has 0 saturated heterocycles. The molecule has 0 aliphatic carbocycles. The smallest absolute Gasteiger partial charge is 0.255 e. The third-order valence-corrected chi connectivity index (χ3v) is 7.60. The number of hydrogen-bond donors (Lipinski definition) is 1. The highest BCUT2D eigenvalue weighted by Crippen LogP contribution is 2.29. The number of ether oxygens (including phenoxy) is 1. The van der Waals surface area contributed by atoms with Gasteiger partial charge in [-0.3, -0.25) is 4.79 Å². The minimum absolute atomic E-state index is 0.0485. The van der Waals surface area contributed by atoms with Crippen molar-refractivity contribution in [3.05, 3.63) is 76.4 Å². The standard InChI is InChI=1S/C24H23ClN4O4S/c1-4-29(5-2)34(31,32)22-14-17(8-10-20(22)25)23(30)28-21-11-9-19(13-16(21)3)33-24-18(15-26)7-6-12-27-24/h6-14H,4-5H2,1-3H3,(H,28,30). The summed E-state index contributed by atoms with van der Waals surface area (Å²) in [6, 6.07) is 14.4. The Kier molecular flexibility index (Phi) is 7.89. The topological polar surface area (TPSA) is 112 Å². The third-order valence-electron chi connectivity index (χ3n) is 5.07. The predicted molar refractivity (Wildman–Crippen MR) is 130 cm³/mol. The maximum atomic E-state index is 12.9. The lowest BCUT2D eigenvalue weighted by atomic mass is 10.1. The number of rotatable bonds is 8. The molecule has 0 spiro atoms. The van der Waals surface area contributed by atoms with Gasteiger partial charge in [-0.1, -0.05) is 25.4 Å². The van der Waals surface area contributed by atoms with Gasteiger partial charge in [-0.05, 0) is 61.0 Å². The van der Waals surface area contributed by atoms with E-state index in [2.05, 4.69) is 10.3 Å². The summed E-state index contributed by atoms with van der Waals surface area (Å²) in [4.78, 5) is 16.8. The Bertz CT molecular complexity index is 1370. The van der Waals surface area contributed by atoms with Crippen LogP contribution in [0.15, 0.2) is 59.6 Å².